The molecule has 0 aromatic rings. The topological polar surface area (TPSA) is 49.4 Å². The molecule has 0 aromatic carbocycles. The standard InChI is InChI=1S/C16H28N2O2/c1-4-12-7-5-6-8-14(12)18-10-15(19)17-13(16(18)20)9-11(2)3/h11-14H,4-10H2,1-3H3,(H,17,19). The molecule has 20 heavy (non-hydrogen) atoms. The average molecular weight is 280 g/mol. The van der Waals surface area contributed by atoms with E-state index in [2.05, 4.69) is 26.1 Å². The van der Waals surface area contributed by atoms with E-state index >= 15 is 0 Å². The van der Waals surface area contributed by atoms with Crippen molar-refractivity contribution >= 4 is 11.8 Å². The number of rotatable bonds is 4. The third-order valence-corrected chi connectivity index (χ3v) is 4.73. The first kappa shape index (κ1) is 15.3. The first-order valence-corrected chi connectivity index (χ1v) is 8.12. The lowest BCUT2D eigenvalue weighted by atomic mass is 9.81. The Labute approximate surface area is 122 Å². The number of hydrogen-bond donors (Lipinski definition) is 1. The van der Waals surface area contributed by atoms with Crippen LogP contribution in [-0.4, -0.2) is 35.3 Å². The largest absolute Gasteiger partial charge is 0.343 e. The van der Waals surface area contributed by atoms with Crippen LogP contribution in [0, 0.1) is 11.8 Å². The van der Waals surface area contributed by atoms with Crippen molar-refractivity contribution in [3.05, 3.63) is 0 Å². The molecule has 1 heterocycles. The zero-order valence-electron chi connectivity index (χ0n) is 13.0. The van der Waals surface area contributed by atoms with Gasteiger partial charge in [-0.05, 0) is 31.1 Å². The summed E-state index contributed by atoms with van der Waals surface area (Å²) in [7, 11) is 0. The monoisotopic (exact) mass is 280 g/mol. The maximum Gasteiger partial charge on any atom is 0.245 e. The second-order valence-electron chi connectivity index (χ2n) is 6.74. The summed E-state index contributed by atoms with van der Waals surface area (Å²) in [6.07, 6.45) is 6.54. The SMILES string of the molecule is CCC1CCCCC1N1CC(=O)NC(CC(C)C)C1=O. The Bertz CT molecular complexity index is 367. The van der Waals surface area contributed by atoms with E-state index in [9.17, 15) is 9.59 Å². The van der Waals surface area contributed by atoms with Gasteiger partial charge in [0.1, 0.15) is 6.04 Å². The molecule has 114 valence electrons. The Morgan fingerprint density at radius 2 is 1.95 bits per heavy atom. The lowest BCUT2D eigenvalue weighted by molar-refractivity contribution is -0.149. The molecular weight excluding hydrogens is 252 g/mol. The molecule has 2 amide bonds. The lowest BCUT2D eigenvalue weighted by Crippen LogP contribution is -2.62. The zero-order chi connectivity index (χ0) is 14.7. The van der Waals surface area contributed by atoms with Crippen molar-refractivity contribution in [1.29, 1.82) is 0 Å². The summed E-state index contributed by atoms with van der Waals surface area (Å²) in [5.41, 5.74) is 0. The summed E-state index contributed by atoms with van der Waals surface area (Å²) in [5, 5.41) is 2.87. The molecule has 1 aliphatic carbocycles. The fourth-order valence-electron chi connectivity index (χ4n) is 3.72. The predicted octanol–water partition coefficient (Wildman–Crippen LogP) is 2.33. The summed E-state index contributed by atoms with van der Waals surface area (Å²) < 4.78 is 0. The average Bonchev–Trinajstić information content (AvgIpc) is 2.42. The molecule has 1 aliphatic heterocycles. The molecule has 0 radical (unpaired) electrons. The fourth-order valence-corrected chi connectivity index (χ4v) is 3.72. The van der Waals surface area contributed by atoms with Crippen LogP contribution in [0.15, 0.2) is 0 Å². The van der Waals surface area contributed by atoms with Gasteiger partial charge in [-0.15, -0.1) is 0 Å². The minimum Gasteiger partial charge on any atom is -0.343 e. The molecule has 1 N–H and O–H groups in total. The van der Waals surface area contributed by atoms with Gasteiger partial charge in [0.25, 0.3) is 0 Å². The smallest absolute Gasteiger partial charge is 0.245 e. The molecule has 3 unspecified atom stereocenters. The number of nitrogens with zero attached hydrogens (tertiary/aromatic N) is 1. The third kappa shape index (κ3) is 3.33. The Hall–Kier alpha value is -1.06. The van der Waals surface area contributed by atoms with Gasteiger partial charge in [-0.2, -0.15) is 0 Å². The van der Waals surface area contributed by atoms with Gasteiger partial charge in [-0.3, -0.25) is 9.59 Å². The number of piperazine rings is 1. The van der Waals surface area contributed by atoms with Crippen molar-refractivity contribution in [1.82, 2.24) is 10.2 Å². The Balaban J connectivity index is 2.12. The first-order valence-electron chi connectivity index (χ1n) is 8.12. The molecule has 0 spiro atoms. The Kier molecular flexibility index (Phi) is 5.06. The van der Waals surface area contributed by atoms with E-state index in [-0.39, 0.29) is 30.4 Å². The van der Waals surface area contributed by atoms with Crippen molar-refractivity contribution in [2.24, 2.45) is 11.8 Å². The summed E-state index contributed by atoms with van der Waals surface area (Å²) in [6.45, 7) is 6.64. The molecule has 2 fully saturated rings. The molecule has 0 aromatic heterocycles. The van der Waals surface area contributed by atoms with Crippen molar-refractivity contribution in [3.63, 3.8) is 0 Å². The maximum absolute atomic E-state index is 12.7. The van der Waals surface area contributed by atoms with Crippen molar-refractivity contribution in [2.75, 3.05) is 6.54 Å². The van der Waals surface area contributed by atoms with Crippen molar-refractivity contribution in [3.8, 4) is 0 Å². The number of amides is 2. The molecule has 1 saturated carbocycles. The second-order valence-corrected chi connectivity index (χ2v) is 6.74. The third-order valence-electron chi connectivity index (χ3n) is 4.73. The maximum atomic E-state index is 12.7. The summed E-state index contributed by atoms with van der Waals surface area (Å²) >= 11 is 0. The normalized spacial score (nSPS) is 31.6. The molecule has 2 rings (SSSR count). The Morgan fingerprint density at radius 3 is 2.60 bits per heavy atom. The minimum atomic E-state index is -0.310. The fraction of sp³-hybridized carbons (Fsp3) is 0.875. The second kappa shape index (κ2) is 6.59. The van der Waals surface area contributed by atoms with Crippen LogP contribution in [0.3, 0.4) is 0 Å². The van der Waals surface area contributed by atoms with Crippen LogP contribution in [0.5, 0.6) is 0 Å². The zero-order valence-corrected chi connectivity index (χ0v) is 13.0. The van der Waals surface area contributed by atoms with Gasteiger partial charge in [-0.1, -0.05) is 40.0 Å². The molecule has 0 bridgehead atoms. The summed E-state index contributed by atoms with van der Waals surface area (Å²) in [5.74, 6) is 1.13. The number of nitrogens with one attached hydrogen (secondary N) is 1. The molecule has 4 heteroatoms. The van der Waals surface area contributed by atoms with Gasteiger partial charge < -0.3 is 10.2 Å². The summed E-state index contributed by atoms with van der Waals surface area (Å²) in [6, 6.07) is -0.0300. The highest BCUT2D eigenvalue weighted by molar-refractivity contribution is 5.95. The van der Waals surface area contributed by atoms with Crippen LogP contribution in [0.4, 0.5) is 0 Å². The van der Waals surface area contributed by atoms with Crippen molar-refractivity contribution in [2.45, 2.75) is 71.4 Å². The quantitative estimate of drug-likeness (QED) is 0.859. The van der Waals surface area contributed by atoms with E-state index in [0.29, 0.717) is 11.8 Å². The number of hydrogen-bond acceptors (Lipinski definition) is 2. The molecular formula is C16H28N2O2. The van der Waals surface area contributed by atoms with Gasteiger partial charge in [0.15, 0.2) is 0 Å². The predicted molar refractivity (Wildman–Crippen MR) is 79.1 cm³/mol. The highest BCUT2D eigenvalue weighted by Crippen LogP contribution is 2.32. The Morgan fingerprint density at radius 1 is 1.25 bits per heavy atom. The van der Waals surface area contributed by atoms with Gasteiger partial charge in [-0.25, -0.2) is 0 Å². The lowest BCUT2D eigenvalue weighted by Gasteiger charge is -2.43. The van der Waals surface area contributed by atoms with Crippen molar-refractivity contribution < 1.29 is 9.59 Å². The van der Waals surface area contributed by atoms with Crippen LogP contribution >= 0.6 is 0 Å². The highest BCUT2D eigenvalue weighted by atomic mass is 16.2. The molecule has 2 aliphatic rings. The highest BCUT2D eigenvalue weighted by Gasteiger charge is 2.39. The summed E-state index contributed by atoms with van der Waals surface area (Å²) in [4.78, 5) is 26.5. The van der Waals surface area contributed by atoms with Crippen LogP contribution < -0.4 is 5.32 Å². The van der Waals surface area contributed by atoms with Gasteiger partial charge >= 0.3 is 0 Å². The van der Waals surface area contributed by atoms with E-state index in [4.69, 9.17) is 0 Å². The van der Waals surface area contributed by atoms with E-state index in [1.54, 1.807) is 0 Å². The molecule has 4 nitrogen and oxygen atoms in total. The number of carbonyl (C=O) groups is 2. The van der Waals surface area contributed by atoms with Crippen LogP contribution in [0.25, 0.3) is 0 Å². The van der Waals surface area contributed by atoms with E-state index < -0.39 is 0 Å². The van der Waals surface area contributed by atoms with E-state index in [1.807, 2.05) is 4.90 Å². The molecule has 1 saturated heterocycles. The van der Waals surface area contributed by atoms with E-state index in [0.717, 1.165) is 19.3 Å². The van der Waals surface area contributed by atoms with Crippen LogP contribution in [0.2, 0.25) is 0 Å². The van der Waals surface area contributed by atoms with Crippen LogP contribution in [-0.2, 0) is 9.59 Å². The van der Waals surface area contributed by atoms with Gasteiger partial charge in [0, 0.05) is 6.04 Å². The minimum absolute atomic E-state index is 0.00989. The first-order chi connectivity index (χ1) is 9.52. The van der Waals surface area contributed by atoms with Gasteiger partial charge in [0.2, 0.25) is 11.8 Å². The van der Waals surface area contributed by atoms with Gasteiger partial charge in [0.05, 0.1) is 6.54 Å². The van der Waals surface area contributed by atoms with Crippen LogP contribution in [0.1, 0.15) is 59.3 Å². The van der Waals surface area contributed by atoms with E-state index in [1.165, 1.54) is 19.3 Å². The number of carbonyl (C=O) groups excluding carboxylic acids is 2. The molecule has 3 atom stereocenters.